The van der Waals surface area contributed by atoms with Crippen molar-refractivity contribution in [1.29, 1.82) is 0 Å². The number of pyridine rings is 1. The predicted molar refractivity (Wildman–Crippen MR) is 83.4 cm³/mol. The van der Waals surface area contributed by atoms with Gasteiger partial charge in [0, 0.05) is 43.5 Å². The largest absolute Gasteiger partial charge is 0.353 e. The molecule has 1 fully saturated rings. The Morgan fingerprint density at radius 3 is 2.43 bits per heavy atom. The number of piperazine rings is 1. The van der Waals surface area contributed by atoms with Gasteiger partial charge in [-0.05, 0) is 31.2 Å². The number of aromatic nitrogens is 1. The number of hydrogen-bond donors (Lipinski definition) is 0. The second-order valence-corrected chi connectivity index (χ2v) is 5.57. The average molecular weight is 317 g/mol. The third kappa shape index (κ3) is 3.47. The summed E-state index contributed by atoms with van der Waals surface area (Å²) in [7, 11) is 0. The summed E-state index contributed by atoms with van der Waals surface area (Å²) in [5.41, 5.74) is 0.969. The highest BCUT2D eigenvalue weighted by atomic mass is 19.1. The summed E-state index contributed by atoms with van der Waals surface area (Å²) in [6, 6.07) is 8.47. The molecule has 0 spiro atoms. The minimum absolute atomic E-state index is 0.187. The van der Waals surface area contributed by atoms with Gasteiger partial charge in [0.1, 0.15) is 17.5 Å². The van der Waals surface area contributed by atoms with Gasteiger partial charge in [0.05, 0.1) is 0 Å². The van der Waals surface area contributed by atoms with Gasteiger partial charge < -0.3 is 9.80 Å². The van der Waals surface area contributed by atoms with Gasteiger partial charge in [-0.3, -0.25) is 4.79 Å². The van der Waals surface area contributed by atoms with Crippen molar-refractivity contribution in [3.8, 4) is 0 Å². The Kier molecular flexibility index (Phi) is 4.23. The van der Waals surface area contributed by atoms with Gasteiger partial charge in [0.2, 0.25) is 0 Å². The fraction of sp³-hybridized carbons (Fsp3) is 0.294. The zero-order chi connectivity index (χ0) is 16.4. The third-order valence-corrected chi connectivity index (χ3v) is 3.87. The minimum atomic E-state index is -0.422. The van der Waals surface area contributed by atoms with Gasteiger partial charge in [-0.1, -0.05) is 6.07 Å². The number of anilines is 1. The topological polar surface area (TPSA) is 36.4 Å². The fourth-order valence-electron chi connectivity index (χ4n) is 2.71. The number of halogens is 2. The molecule has 1 saturated heterocycles. The van der Waals surface area contributed by atoms with E-state index in [1.54, 1.807) is 17.9 Å². The Balaban J connectivity index is 1.67. The van der Waals surface area contributed by atoms with E-state index in [2.05, 4.69) is 4.98 Å². The molecule has 0 radical (unpaired) electrons. The van der Waals surface area contributed by atoms with Crippen molar-refractivity contribution < 1.29 is 13.6 Å². The number of carbonyl (C=O) groups is 1. The summed E-state index contributed by atoms with van der Waals surface area (Å²) in [6.45, 7) is 3.86. The first-order chi connectivity index (χ1) is 11.0. The molecule has 0 aliphatic carbocycles. The maximum Gasteiger partial charge on any atom is 0.254 e. The molecule has 6 heteroatoms. The molecule has 1 aliphatic rings. The van der Waals surface area contributed by atoms with Gasteiger partial charge in [-0.25, -0.2) is 13.8 Å². The Labute approximate surface area is 133 Å². The van der Waals surface area contributed by atoms with Crippen LogP contribution in [-0.2, 0) is 0 Å². The second kappa shape index (κ2) is 6.32. The summed E-state index contributed by atoms with van der Waals surface area (Å²) >= 11 is 0. The zero-order valence-electron chi connectivity index (χ0n) is 12.8. The van der Waals surface area contributed by atoms with E-state index in [-0.39, 0.29) is 11.7 Å². The molecule has 2 heterocycles. The van der Waals surface area contributed by atoms with Crippen molar-refractivity contribution in [2.75, 3.05) is 31.1 Å². The summed E-state index contributed by atoms with van der Waals surface area (Å²) in [5.74, 6) is -0.340. The lowest BCUT2D eigenvalue weighted by molar-refractivity contribution is 0.0746. The van der Waals surface area contributed by atoms with Crippen LogP contribution in [0.15, 0.2) is 36.4 Å². The van der Waals surface area contributed by atoms with E-state index in [1.807, 2.05) is 4.90 Å². The Morgan fingerprint density at radius 2 is 1.78 bits per heavy atom. The molecular formula is C17H17F2N3O. The summed E-state index contributed by atoms with van der Waals surface area (Å²) < 4.78 is 26.7. The molecular weight excluding hydrogens is 300 g/mol. The first-order valence-electron chi connectivity index (χ1n) is 7.47. The van der Waals surface area contributed by atoms with Crippen LogP contribution in [0.2, 0.25) is 0 Å². The van der Waals surface area contributed by atoms with Crippen molar-refractivity contribution in [3.05, 3.63) is 59.3 Å². The number of benzene rings is 1. The first-order valence-corrected chi connectivity index (χ1v) is 7.47. The standard InChI is InChI=1S/C17H17F2N3O/c1-12-9-15(19)11-16(20-12)21-5-7-22(8-6-21)17(23)13-3-2-4-14(18)10-13/h2-4,9-11H,5-8H2,1H3. The molecule has 0 saturated carbocycles. The van der Waals surface area contributed by atoms with Gasteiger partial charge in [-0.15, -0.1) is 0 Å². The monoisotopic (exact) mass is 317 g/mol. The molecule has 0 bridgehead atoms. The lowest BCUT2D eigenvalue weighted by Gasteiger charge is -2.35. The molecule has 0 N–H and O–H groups in total. The zero-order valence-corrected chi connectivity index (χ0v) is 12.8. The van der Waals surface area contributed by atoms with Crippen LogP contribution in [-0.4, -0.2) is 42.0 Å². The second-order valence-electron chi connectivity index (χ2n) is 5.57. The van der Waals surface area contributed by atoms with Crippen LogP contribution in [0, 0.1) is 18.6 Å². The van der Waals surface area contributed by atoms with Crippen LogP contribution in [0.1, 0.15) is 16.1 Å². The molecule has 120 valence electrons. The molecule has 3 rings (SSSR count). The molecule has 1 amide bonds. The van der Waals surface area contributed by atoms with Crippen LogP contribution in [0.5, 0.6) is 0 Å². The number of aryl methyl sites for hydroxylation is 1. The van der Waals surface area contributed by atoms with Crippen LogP contribution in [0.3, 0.4) is 0 Å². The Morgan fingerprint density at radius 1 is 1.04 bits per heavy atom. The third-order valence-electron chi connectivity index (χ3n) is 3.87. The molecule has 0 unspecified atom stereocenters. The molecule has 1 aromatic heterocycles. The van der Waals surface area contributed by atoms with Gasteiger partial charge in [0.25, 0.3) is 5.91 Å². The maximum absolute atomic E-state index is 13.5. The van der Waals surface area contributed by atoms with E-state index in [0.29, 0.717) is 43.3 Å². The first kappa shape index (κ1) is 15.4. The molecule has 4 nitrogen and oxygen atoms in total. The van der Waals surface area contributed by atoms with E-state index in [9.17, 15) is 13.6 Å². The SMILES string of the molecule is Cc1cc(F)cc(N2CCN(C(=O)c3cccc(F)c3)CC2)n1. The van der Waals surface area contributed by atoms with Crippen LogP contribution in [0.25, 0.3) is 0 Å². The maximum atomic E-state index is 13.5. The molecule has 2 aromatic rings. The number of carbonyl (C=O) groups excluding carboxylic acids is 1. The van der Waals surface area contributed by atoms with Crippen molar-refractivity contribution in [3.63, 3.8) is 0 Å². The number of nitrogens with zero attached hydrogens (tertiary/aromatic N) is 3. The molecule has 1 aromatic carbocycles. The van der Waals surface area contributed by atoms with E-state index in [4.69, 9.17) is 0 Å². The lowest BCUT2D eigenvalue weighted by Crippen LogP contribution is -2.49. The molecule has 23 heavy (non-hydrogen) atoms. The van der Waals surface area contributed by atoms with Crippen molar-refractivity contribution in [2.45, 2.75) is 6.92 Å². The van der Waals surface area contributed by atoms with Crippen molar-refractivity contribution in [2.24, 2.45) is 0 Å². The van der Waals surface area contributed by atoms with Crippen LogP contribution < -0.4 is 4.90 Å². The Bertz CT molecular complexity index is 707. The van der Waals surface area contributed by atoms with Crippen LogP contribution >= 0.6 is 0 Å². The highest BCUT2D eigenvalue weighted by Gasteiger charge is 2.23. The predicted octanol–water partition coefficient (Wildman–Crippen LogP) is 2.63. The van der Waals surface area contributed by atoms with Crippen molar-refractivity contribution >= 4 is 11.7 Å². The fourth-order valence-corrected chi connectivity index (χ4v) is 2.71. The summed E-state index contributed by atoms with van der Waals surface area (Å²) in [6.07, 6.45) is 0. The normalized spacial score (nSPS) is 14.9. The minimum Gasteiger partial charge on any atom is -0.353 e. The lowest BCUT2D eigenvalue weighted by atomic mass is 10.1. The summed E-state index contributed by atoms with van der Waals surface area (Å²) in [5, 5.41) is 0. The molecule has 0 atom stereocenters. The van der Waals surface area contributed by atoms with Gasteiger partial charge in [-0.2, -0.15) is 0 Å². The Hall–Kier alpha value is -2.50. The van der Waals surface area contributed by atoms with E-state index < -0.39 is 5.82 Å². The van der Waals surface area contributed by atoms with Gasteiger partial charge >= 0.3 is 0 Å². The quantitative estimate of drug-likeness (QED) is 0.854. The summed E-state index contributed by atoms with van der Waals surface area (Å²) in [4.78, 5) is 20.3. The van der Waals surface area contributed by atoms with Crippen molar-refractivity contribution in [1.82, 2.24) is 9.88 Å². The number of amides is 1. The van der Waals surface area contributed by atoms with E-state index in [1.165, 1.54) is 30.3 Å². The highest BCUT2D eigenvalue weighted by Crippen LogP contribution is 2.17. The highest BCUT2D eigenvalue weighted by molar-refractivity contribution is 5.94. The smallest absolute Gasteiger partial charge is 0.254 e. The average Bonchev–Trinajstić information content (AvgIpc) is 2.53. The van der Waals surface area contributed by atoms with E-state index >= 15 is 0 Å². The van der Waals surface area contributed by atoms with E-state index in [0.717, 1.165) is 0 Å². The van der Waals surface area contributed by atoms with Crippen LogP contribution in [0.4, 0.5) is 14.6 Å². The number of hydrogen-bond acceptors (Lipinski definition) is 3. The molecule has 1 aliphatic heterocycles. The van der Waals surface area contributed by atoms with Gasteiger partial charge in [0.15, 0.2) is 0 Å². The number of rotatable bonds is 2.